The lowest BCUT2D eigenvalue weighted by atomic mass is 9.96. The van der Waals surface area contributed by atoms with Crippen molar-refractivity contribution in [2.45, 2.75) is 12.8 Å². The smallest absolute Gasteiger partial charge is 0.0794 e. The van der Waals surface area contributed by atoms with Crippen LogP contribution in [0.3, 0.4) is 0 Å². The van der Waals surface area contributed by atoms with Crippen LogP contribution in [0.5, 0.6) is 0 Å². The molecule has 0 saturated heterocycles. The highest BCUT2D eigenvalue weighted by Crippen LogP contribution is 2.20. The fraction of sp³-hybridized carbons (Fsp3) is 0.308. The van der Waals surface area contributed by atoms with Crippen molar-refractivity contribution >= 4 is 22.9 Å². The number of aliphatic hydroxyl groups excluding tert-OH is 1. The molecule has 0 aliphatic carbocycles. The van der Waals surface area contributed by atoms with E-state index in [0.717, 1.165) is 29.1 Å². The normalized spacial score (nSPS) is 12.6. The lowest BCUT2D eigenvalue weighted by molar-refractivity contribution is 0.224. The number of thiazole rings is 1. The zero-order chi connectivity index (χ0) is 12.1. The second-order valence-corrected chi connectivity index (χ2v) is 5.15. The summed E-state index contributed by atoms with van der Waals surface area (Å²) >= 11 is 7.69. The van der Waals surface area contributed by atoms with Crippen LogP contribution in [0.15, 0.2) is 35.2 Å². The number of hydrogen-bond acceptors (Lipinski definition) is 3. The summed E-state index contributed by atoms with van der Waals surface area (Å²) in [5.74, 6) is 0.178. The number of nitrogens with zero attached hydrogens (tertiary/aromatic N) is 1. The fourth-order valence-electron chi connectivity index (χ4n) is 1.81. The molecule has 0 bridgehead atoms. The third kappa shape index (κ3) is 3.53. The average molecular weight is 268 g/mol. The Hall–Kier alpha value is -0.900. The quantitative estimate of drug-likeness (QED) is 0.903. The van der Waals surface area contributed by atoms with E-state index in [9.17, 15) is 5.11 Å². The zero-order valence-electron chi connectivity index (χ0n) is 9.34. The van der Waals surface area contributed by atoms with Crippen molar-refractivity contribution in [1.82, 2.24) is 4.98 Å². The Morgan fingerprint density at radius 1 is 1.29 bits per heavy atom. The summed E-state index contributed by atoms with van der Waals surface area (Å²) in [6.45, 7) is 0.156. The molecule has 1 atom stereocenters. The van der Waals surface area contributed by atoms with E-state index in [0.29, 0.717) is 0 Å². The fourth-order valence-corrected chi connectivity index (χ4v) is 2.59. The van der Waals surface area contributed by atoms with Gasteiger partial charge in [-0.15, -0.1) is 11.3 Å². The molecule has 1 aromatic carbocycles. The van der Waals surface area contributed by atoms with E-state index in [1.165, 1.54) is 0 Å². The third-order valence-corrected chi connectivity index (χ3v) is 3.71. The Morgan fingerprint density at radius 2 is 2.12 bits per heavy atom. The molecule has 0 fully saturated rings. The first-order chi connectivity index (χ1) is 8.29. The van der Waals surface area contributed by atoms with Crippen LogP contribution >= 0.6 is 22.9 Å². The largest absolute Gasteiger partial charge is 0.396 e. The molecule has 2 rings (SSSR count). The summed E-state index contributed by atoms with van der Waals surface area (Å²) < 4.78 is 0. The van der Waals surface area contributed by atoms with Gasteiger partial charge in [0.05, 0.1) is 11.2 Å². The van der Waals surface area contributed by atoms with Gasteiger partial charge in [-0.2, -0.15) is 0 Å². The summed E-state index contributed by atoms with van der Waals surface area (Å²) in [5, 5.41) is 12.2. The van der Waals surface area contributed by atoms with Crippen LogP contribution in [0.1, 0.15) is 11.3 Å². The van der Waals surface area contributed by atoms with Gasteiger partial charge in [-0.25, -0.2) is 4.98 Å². The Morgan fingerprint density at radius 3 is 2.76 bits per heavy atom. The number of aliphatic hydroxyl groups is 1. The van der Waals surface area contributed by atoms with Gasteiger partial charge in [-0.3, -0.25) is 0 Å². The van der Waals surface area contributed by atoms with Gasteiger partial charge in [0, 0.05) is 17.0 Å². The molecule has 1 aromatic heterocycles. The van der Waals surface area contributed by atoms with E-state index in [1.54, 1.807) is 11.3 Å². The molecule has 4 heteroatoms. The lowest BCUT2D eigenvalue weighted by Gasteiger charge is -2.13. The SMILES string of the molecule is OCC(Cc1cscn1)Cc1ccccc1Cl. The molecule has 90 valence electrons. The van der Waals surface area contributed by atoms with Gasteiger partial charge >= 0.3 is 0 Å². The van der Waals surface area contributed by atoms with Crippen molar-refractivity contribution in [3.8, 4) is 0 Å². The molecule has 0 saturated carbocycles. The molecule has 1 unspecified atom stereocenters. The Kier molecular flexibility index (Phi) is 4.54. The predicted molar refractivity (Wildman–Crippen MR) is 71.5 cm³/mol. The Bertz CT molecular complexity index is 458. The molecule has 0 aliphatic rings. The van der Waals surface area contributed by atoms with Crippen LogP contribution in [0.25, 0.3) is 0 Å². The van der Waals surface area contributed by atoms with Gasteiger partial charge in [-0.05, 0) is 30.4 Å². The first-order valence-corrected chi connectivity index (χ1v) is 6.83. The van der Waals surface area contributed by atoms with Gasteiger partial charge in [0.2, 0.25) is 0 Å². The van der Waals surface area contributed by atoms with E-state index in [1.807, 2.05) is 35.2 Å². The minimum Gasteiger partial charge on any atom is -0.396 e. The highest BCUT2D eigenvalue weighted by atomic mass is 35.5. The maximum absolute atomic E-state index is 9.41. The summed E-state index contributed by atoms with van der Waals surface area (Å²) in [6.07, 6.45) is 1.58. The van der Waals surface area contributed by atoms with Crippen LogP contribution in [0.4, 0.5) is 0 Å². The van der Waals surface area contributed by atoms with Crippen LogP contribution in [0, 0.1) is 5.92 Å². The molecule has 0 spiro atoms. The van der Waals surface area contributed by atoms with Crippen molar-refractivity contribution < 1.29 is 5.11 Å². The van der Waals surface area contributed by atoms with E-state index in [-0.39, 0.29) is 12.5 Å². The molecule has 17 heavy (non-hydrogen) atoms. The second-order valence-electron chi connectivity index (χ2n) is 4.03. The number of hydrogen-bond donors (Lipinski definition) is 1. The molecule has 2 aromatic rings. The van der Waals surface area contributed by atoms with Gasteiger partial charge in [0.1, 0.15) is 0 Å². The first kappa shape index (κ1) is 12.6. The number of aromatic nitrogens is 1. The molecule has 0 radical (unpaired) electrons. The standard InChI is InChI=1S/C13H14ClNOS/c14-13-4-2-1-3-11(13)5-10(7-16)6-12-8-17-9-15-12/h1-4,8-10,16H,5-7H2. The molecule has 1 N–H and O–H groups in total. The second kappa shape index (κ2) is 6.15. The Labute approximate surface area is 110 Å². The number of halogens is 1. The van der Waals surface area contributed by atoms with Crippen LogP contribution in [0.2, 0.25) is 5.02 Å². The maximum atomic E-state index is 9.41. The highest BCUT2D eigenvalue weighted by Gasteiger charge is 2.12. The maximum Gasteiger partial charge on any atom is 0.0794 e. The molecular formula is C13H14ClNOS. The van der Waals surface area contributed by atoms with E-state index >= 15 is 0 Å². The van der Waals surface area contributed by atoms with Crippen molar-refractivity contribution in [2.24, 2.45) is 5.92 Å². The topological polar surface area (TPSA) is 33.1 Å². The molecule has 0 aliphatic heterocycles. The van der Waals surface area contributed by atoms with Crippen LogP contribution in [-0.2, 0) is 12.8 Å². The first-order valence-electron chi connectivity index (χ1n) is 5.51. The van der Waals surface area contributed by atoms with Gasteiger partial charge < -0.3 is 5.11 Å². The molecule has 2 nitrogen and oxygen atoms in total. The van der Waals surface area contributed by atoms with Crippen LogP contribution < -0.4 is 0 Å². The minimum absolute atomic E-state index is 0.156. The minimum atomic E-state index is 0.156. The average Bonchev–Trinajstić information content (AvgIpc) is 2.84. The molecule has 1 heterocycles. The number of benzene rings is 1. The zero-order valence-corrected chi connectivity index (χ0v) is 10.9. The molecule has 0 amide bonds. The highest BCUT2D eigenvalue weighted by molar-refractivity contribution is 7.07. The van der Waals surface area contributed by atoms with E-state index in [2.05, 4.69) is 4.98 Å². The van der Waals surface area contributed by atoms with Gasteiger partial charge in [0.25, 0.3) is 0 Å². The molecular weight excluding hydrogens is 254 g/mol. The van der Waals surface area contributed by atoms with E-state index in [4.69, 9.17) is 11.6 Å². The van der Waals surface area contributed by atoms with E-state index < -0.39 is 0 Å². The van der Waals surface area contributed by atoms with Gasteiger partial charge in [0.15, 0.2) is 0 Å². The van der Waals surface area contributed by atoms with Crippen molar-refractivity contribution in [3.63, 3.8) is 0 Å². The summed E-state index contributed by atoms with van der Waals surface area (Å²) in [7, 11) is 0. The van der Waals surface area contributed by atoms with Crippen molar-refractivity contribution in [2.75, 3.05) is 6.61 Å². The predicted octanol–water partition coefficient (Wildman–Crippen LogP) is 3.19. The third-order valence-electron chi connectivity index (χ3n) is 2.71. The van der Waals surface area contributed by atoms with Crippen LogP contribution in [-0.4, -0.2) is 16.7 Å². The summed E-state index contributed by atoms with van der Waals surface area (Å²) in [4.78, 5) is 4.24. The summed E-state index contributed by atoms with van der Waals surface area (Å²) in [6, 6.07) is 7.78. The van der Waals surface area contributed by atoms with Gasteiger partial charge in [-0.1, -0.05) is 29.8 Å². The van der Waals surface area contributed by atoms with Crippen molar-refractivity contribution in [3.05, 3.63) is 51.4 Å². The number of rotatable bonds is 5. The lowest BCUT2D eigenvalue weighted by Crippen LogP contribution is -2.13. The Balaban J connectivity index is 2.03. The monoisotopic (exact) mass is 267 g/mol. The van der Waals surface area contributed by atoms with Crippen molar-refractivity contribution in [1.29, 1.82) is 0 Å². The summed E-state index contributed by atoms with van der Waals surface area (Å²) in [5.41, 5.74) is 3.95.